The van der Waals surface area contributed by atoms with Crippen molar-refractivity contribution in [1.82, 2.24) is 29.5 Å². The van der Waals surface area contributed by atoms with Gasteiger partial charge in [-0.2, -0.15) is 5.26 Å². The second kappa shape index (κ2) is 6.32. The predicted molar refractivity (Wildman–Crippen MR) is 100 cm³/mol. The third-order valence-corrected chi connectivity index (χ3v) is 5.73. The van der Waals surface area contributed by atoms with Crippen LogP contribution in [0, 0.1) is 17.2 Å². The highest BCUT2D eigenvalue weighted by molar-refractivity contribution is 6.31. The Morgan fingerprint density at radius 1 is 1.26 bits per heavy atom. The molecule has 27 heavy (non-hydrogen) atoms. The van der Waals surface area contributed by atoms with Crippen LogP contribution in [-0.4, -0.2) is 29.5 Å². The van der Waals surface area contributed by atoms with Crippen LogP contribution >= 0.6 is 11.6 Å². The van der Waals surface area contributed by atoms with Crippen LogP contribution in [0.3, 0.4) is 0 Å². The number of fused-ring (bicyclic) bond motifs is 3. The van der Waals surface area contributed by atoms with E-state index in [0.717, 1.165) is 54.0 Å². The first kappa shape index (κ1) is 16.2. The molecule has 2 atom stereocenters. The number of rotatable bonds is 3. The maximum atomic E-state index is 8.95. The molecule has 0 amide bonds. The van der Waals surface area contributed by atoms with Crippen molar-refractivity contribution in [2.75, 3.05) is 0 Å². The summed E-state index contributed by atoms with van der Waals surface area (Å²) in [6.45, 7) is 0. The minimum Gasteiger partial charge on any atom is -0.345 e. The van der Waals surface area contributed by atoms with E-state index in [1.165, 1.54) is 0 Å². The molecule has 1 aliphatic carbocycles. The quantitative estimate of drug-likeness (QED) is 0.587. The third-order valence-electron chi connectivity index (χ3n) is 5.40. The molecule has 134 valence electrons. The van der Waals surface area contributed by atoms with Crippen molar-refractivity contribution >= 4 is 28.4 Å². The zero-order valence-corrected chi connectivity index (χ0v) is 15.2. The lowest BCUT2D eigenvalue weighted by molar-refractivity contribution is 0.524. The Hall–Kier alpha value is -2.98. The number of nitriles is 1. The highest BCUT2D eigenvalue weighted by atomic mass is 35.5. The zero-order valence-electron chi connectivity index (χ0n) is 14.4. The first-order valence-electron chi connectivity index (χ1n) is 8.94. The highest BCUT2D eigenvalue weighted by Gasteiger charge is 2.30. The van der Waals surface area contributed by atoms with E-state index in [1.807, 2.05) is 12.3 Å². The number of nitrogens with zero attached hydrogens (tertiary/aromatic N) is 6. The minimum absolute atomic E-state index is 0.350. The maximum absolute atomic E-state index is 8.95. The molecule has 1 fully saturated rings. The topological polar surface area (TPSA) is 95.5 Å². The van der Waals surface area contributed by atoms with Crippen molar-refractivity contribution in [3.63, 3.8) is 0 Å². The monoisotopic (exact) mass is 377 g/mol. The molecule has 0 spiro atoms. The summed E-state index contributed by atoms with van der Waals surface area (Å²) >= 11 is 6.30. The van der Waals surface area contributed by atoms with Gasteiger partial charge in [-0.3, -0.25) is 9.38 Å². The lowest BCUT2D eigenvalue weighted by Crippen LogP contribution is -2.05. The molecule has 1 saturated carbocycles. The summed E-state index contributed by atoms with van der Waals surface area (Å²) in [4.78, 5) is 11.9. The summed E-state index contributed by atoms with van der Waals surface area (Å²) < 4.78 is 2.11. The highest BCUT2D eigenvalue weighted by Crippen LogP contribution is 2.40. The summed E-state index contributed by atoms with van der Waals surface area (Å²) in [5.41, 5.74) is 3.98. The van der Waals surface area contributed by atoms with Crippen LogP contribution in [0.15, 0.2) is 30.7 Å². The SMILES string of the molecule is N#Cc1cnc(C[C@H]2CC[C@@H](c3nnc4cnc5[nH]ccc5n34)C2)c(Cl)c1. The number of halogens is 1. The first-order chi connectivity index (χ1) is 13.2. The molecule has 0 aromatic carbocycles. The Labute approximate surface area is 160 Å². The normalized spacial score (nSPS) is 19.7. The molecule has 1 aliphatic rings. The number of hydrogen-bond donors (Lipinski definition) is 1. The van der Waals surface area contributed by atoms with Crippen molar-refractivity contribution in [3.8, 4) is 6.07 Å². The molecular weight excluding hydrogens is 362 g/mol. The van der Waals surface area contributed by atoms with E-state index in [9.17, 15) is 0 Å². The predicted octanol–water partition coefficient (Wildman–Crippen LogP) is 3.65. The van der Waals surface area contributed by atoms with Gasteiger partial charge >= 0.3 is 0 Å². The van der Waals surface area contributed by atoms with Gasteiger partial charge in [-0.05, 0) is 43.7 Å². The van der Waals surface area contributed by atoms with E-state index in [-0.39, 0.29) is 0 Å². The molecule has 4 aromatic heterocycles. The van der Waals surface area contributed by atoms with E-state index in [4.69, 9.17) is 16.9 Å². The molecule has 0 saturated heterocycles. The van der Waals surface area contributed by atoms with E-state index in [2.05, 4.69) is 35.6 Å². The molecule has 7 nitrogen and oxygen atoms in total. The van der Waals surface area contributed by atoms with Crippen molar-refractivity contribution in [2.45, 2.75) is 31.6 Å². The van der Waals surface area contributed by atoms with Crippen LogP contribution in [-0.2, 0) is 6.42 Å². The largest absolute Gasteiger partial charge is 0.345 e. The van der Waals surface area contributed by atoms with Gasteiger partial charge in [0, 0.05) is 18.3 Å². The number of nitrogens with one attached hydrogen (secondary N) is 1. The number of aromatic amines is 1. The molecular formula is C19H16ClN7. The lowest BCUT2D eigenvalue weighted by Gasteiger charge is -2.11. The smallest absolute Gasteiger partial charge is 0.179 e. The Balaban J connectivity index is 1.41. The molecule has 0 bridgehead atoms. The molecule has 8 heteroatoms. The summed E-state index contributed by atoms with van der Waals surface area (Å²) in [6.07, 6.45) is 9.23. The van der Waals surface area contributed by atoms with Gasteiger partial charge in [-0.15, -0.1) is 10.2 Å². The van der Waals surface area contributed by atoms with E-state index in [0.29, 0.717) is 22.4 Å². The van der Waals surface area contributed by atoms with Crippen LogP contribution < -0.4 is 0 Å². The number of pyridine rings is 1. The molecule has 0 radical (unpaired) electrons. The lowest BCUT2D eigenvalue weighted by atomic mass is 9.99. The summed E-state index contributed by atoms with van der Waals surface area (Å²) in [5.74, 6) is 1.84. The fraction of sp³-hybridized carbons (Fsp3) is 0.316. The fourth-order valence-electron chi connectivity index (χ4n) is 4.11. The van der Waals surface area contributed by atoms with Crippen molar-refractivity contribution in [3.05, 3.63) is 52.8 Å². The van der Waals surface area contributed by atoms with Gasteiger partial charge in [-0.25, -0.2) is 4.98 Å². The molecule has 0 aliphatic heterocycles. The molecule has 4 heterocycles. The minimum atomic E-state index is 0.350. The molecule has 1 N–H and O–H groups in total. The molecule has 4 aromatic rings. The molecule has 5 rings (SSSR count). The third kappa shape index (κ3) is 2.73. The van der Waals surface area contributed by atoms with Crippen LogP contribution in [0.4, 0.5) is 0 Å². The van der Waals surface area contributed by atoms with Crippen LogP contribution in [0.1, 0.15) is 42.3 Å². The van der Waals surface area contributed by atoms with Gasteiger partial charge in [0.25, 0.3) is 0 Å². The average molecular weight is 378 g/mol. The number of H-pyrrole nitrogens is 1. The summed E-state index contributed by atoms with van der Waals surface area (Å²) in [6, 6.07) is 5.77. The first-order valence-corrected chi connectivity index (χ1v) is 9.32. The van der Waals surface area contributed by atoms with Crippen LogP contribution in [0.5, 0.6) is 0 Å². The van der Waals surface area contributed by atoms with E-state index in [1.54, 1.807) is 18.5 Å². The number of hydrogen-bond acceptors (Lipinski definition) is 5. The molecule has 0 unspecified atom stereocenters. The summed E-state index contributed by atoms with van der Waals surface area (Å²) in [5, 5.41) is 18.3. The van der Waals surface area contributed by atoms with Crippen molar-refractivity contribution < 1.29 is 0 Å². The Morgan fingerprint density at radius 3 is 3.04 bits per heavy atom. The van der Waals surface area contributed by atoms with Crippen LogP contribution in [0.2, 0.25) is 5.02 Å². The van der Waals surface area contributed by atoms with E-state index < -0.39 is 0 Å². The van der Waals surface area contributed by atoms with Crippen molar-refractivity contribution in [2.24, 2.45) is 5.92 Å². The summed E-state index contributed by atoms with van der Waals surface area (Å²) in [7, 11) is 0. The van der Waals surface area contributed by atoms with Crippen molar-refractivity contribution in [1.29, 1.82) is 5.26 Å². The van der Waals surface area contributed by atoms with Gasteiger partial charge in [0.05, 0.1) is 28.0 Å². The van der Waals surface area contributed by atoms with E-state index >= 15 is 0 Å². The average Bonchev–Trinajstić information content (AvgIpc) is 3.41. The van der Waals surface area contributed by atoms with Gasteiger partial charge in [0.1, 0.15) is 11.9 Å². The number of aromatic nitrogens is 6. The van der Waals surface area contributed by atoms with Crippen LogP contribution in [0.25, 0.3) is 16.8 Å². The maximum Gasteiger partial charge on any atom is 0.179 e. The second-order valence-corrected chi connectivity index (χ2v) is 7.47. The van der Waals surface area contributed by atoms with Gasteiger partial charge in [-0.1, -0.05) is 11.6 Å². The standard InChI is InChI=1S/C19H16ClN7/c20-14-6-12(8-21)9-23-15(14)7-11-1-2-13(5-11)19-26-25-17-10-24-18-16(27(17)19)3-4-22-18/h3-4,6,9-11,13,22H,1-2,5,7H2/t11-,13+/m0/s1. The Bertz CT molecular complexity index is 1190. The Kier molecular flexibility index (Phi) is 3.80. The Morgan fingerprint density at radius 2 is 2.19 bits per heavy atom. The fourth-order valence-corrected chi connectivity index (χ4v) is 4.35. The van der Waals surface area contributed by atoms with Gasteiger partial charge in [0.15, 0.2) is 11.3 Å². The zero-order chi connectivity index (χ0) is 18.4. The van der Waals surface area contributed by atoms with Gasteiger partial charge in [0.2, 0.25) is 0 Å². The van der Waals surface area contributed by atoms with Gasteiger partial charge < -0.3 is 4.98 Å². The second-order valence-electron chi connectivity index (χ2n) is 7.07.